The topological polar surface area (TPSA) is 76.5 Å². The molecular formula is C26H30N4O3. The number of nitrogens with one attached hydrogen (secondary N) is 1. The molecule has 4 rings (SSSR count). The van der Waals surface area contributed by atoms with Crippen LogP contribution in [-0.2, 0) is 13.7 Å². The molecule has 1 aliphatic heterocycles. The van der Waals surface area contributed by atoms with Gasteiger partial charge in [0.2, 0.25) is 0 Å². The van der Waals surface area contributed by atoms with Crippen molar-refractivity contribution in [2.45, 2.75) is 45.8 Å². The smallest absolute Gasteiger partial charge is 0.255 e. The Hall–Kier alpha value is -3.61. The van der Waals surface area contributed by atoms with E-state index in [-0.39, 0.29) is 17.9 Å². The zero-order chi connectivity index (χ0) is 23.4. The molecule has 1 saturated heterocycles. The number of rotatable bonds is 6. The number of carbonyl (C=O) groups excluding carboxylic acids is 2. The predicted molar refractivity (Wildman–Crippen MR) is 127 cm³/mol. The van der Waals surface area contributed by atoms with Crippen molar-refractivity contribution in [2.24, 2.45) is 7.05 Å². The Balaban J connectivity index is 1.37. The second-order valence-corrected chi connectivity index (χ2v) is 8.59. The average Bonchev–Trinajstić information content (AvgIpc) is 3.23. The molecule has 1 aromatic heterocycles. The first-order valence-electron chi connectivity index (χ1n) is 11.3. The third kappa shape index (κ3) is 5.25. The molecule has 1 fully saturated rings. The predicted octanol–water partition coefficient (Wildman–Crippen LogP) is 4.57. The van der Waals surface area contributed by atoms with Crippen molar-refractivity contribution in [3.63, 3.8) is 0 Å². The maximum atomic E-state index is 12.9. The van der Waals surface area contributed by atoms with E-state index in [1.54, 1.807) is 42.6 Å². The van der Waals surface area contributed by atoms with Gasteiger partial charge >= 0.3 is 0 Å². The van der Waals surface area contributed by atoms with Gasteiger partial charge in [-0.3, -0.25) is 9.59 Å². The molecule has 0 radical (unpaired) electrons. The fourth-order valence-corrected chi connectivity index (χ4v) is 4.08. The van der Waals surface area contributed by atoms with Crippen molar-refractivity contribution in [1.29, 1.82) is 0 Å². The van der Waals surface area contributed by atoms with Crippen LogP contribution in [0.4, 0.5) is 5.69 Å². The molecule has 7 nitrogen and oxygen atoms in total. The molecule has 1 N–H and O–H groups in total. The van der Waals surface area contributed by atoms with Crippen LogP contribution in [0.25, 0.3) is 0 Å². The van der Waals surface area contributed by atoms with Crippen molar-refractivity contribution in [3.05, 3.63) is 77.4 Å². The largest absolute Gasteiger partial charge is 0.486 e. The third-order valence-electron chi connectivity index (χ3n) is 6.19. The van der Waals surface area contributed by atoms with Gasteiger partial charge in [-0.25, -0.2) is 4.98 Å². The fraction of sp³-hybridized carbons (Fsp3) is 0.346. The average molecular weight is 447 g/mol. The highest BCUT2D eigenvalue weighted by atomic mass is 16.5. The van der Waals surface area contributed by atoms with Crippen LogP contribution < -0.4 is 10.1 Å². The van der Waals surface area contributed by atoms with Crippen LogP contribution in [0.5, 0.6) is 5.75 Å². The number of imidazole rings is 1. The molecule has 172 valence electrons. The fourth-order valence-electron chi connectivity index (χ4n) is 4.08. The minimum absolute atomic E-state index is 0.0595. The van der Waals surface area contributed by atoms with E-state index in [0.29, 0.717) is 29.2 Å². The van der Waals surface area contributed by atoms with Crippen LogP contribution in [0.3, 0.4) is 0 Å². The highest BCUT2D eigenvalue weighted by Gasteiger charge is 2.24. The molecule has 1 unspecified atom stereocenters. The van der Waals surface area contributed by atoms with Gasteiger partial charge < -0.3 is 19.5 Å². The second-order valence-electron chi connectivity index (χ2n) is 8.59. The molecule has 7 heteroatoms. The first-order chi connectivity index (χ1) is 15.9. The van der Waals surface area contributed by atoms with E-state index in [9.17, 15) is 9.59 Å². The lowest BCUT2D eigenvalue weighted by molar-refractivity contribution is 0.0635. The van der Waals surface area contributed by atoms with Gasteiger partial charge in [0.25, 0.3) is 11.8 Å². The Morgan fingerprint density at radius 1 is 1.12 bits per heavy atom. The van der Waals surface area contributed by atoms with Gasteiger partial charge in [0, 0.05) is 48.8 Å². The number of hydrogen-bond donors (Lipinski definition) is 1. The zero-order valence-corrected chi connectivity index (χ0v) is 19.4. The van der Waals surface area contributed by atoms with Crippen LogP contribution in [0, 0.1) is 6.92 Å². The Morgan fingerprint density at radius 3 is 2.55 bits per heavy atom. The maximum Gasteiger partial charge on any atom is 0.255 e. The number of likely N-dealkylation sites (tertiary alicyclic amines) is 1. The summed E-state index contributed by atoms with van der Waals surface area (Å²) in [5.41, 5.74) is 2.74. The Labute approximate surface area is 194 Å². The minimum Gasteiger partial charge on any atom is -0.486 e. The Kier molecular flexibility index (Phi) is 6.77. The molecular weight excluding hydrogens is 416 g/mol. The van der Waals surface area contributed by atoms with Crippen molar-refractivity contribution in [3.8, 4) is 5.75 Å². The van der Waals surface area contributed by atoms with Crippen molar-refractivity contribution in [2.75, 3.05) is 11.9 Å². The summed E-state index contributed by atoms with van der Waals surface area (Å²) in [6.07, 6.45) is 6.86. The lowest BCUT2D eigenvalue weighted by atomic mass is 10.0. The molecule has 3 aromatic rings. The monoisotopic (exact) mass is 446 g/mol. The van der Waals surface area contributed by atoms with Crippen molar-refractivity contribution >= 4 is 17.5 Å². The van der Waals surface area contributed by atoms with E-state index >= 15 is 0 Å². The van der Waals surface area contributed by atoms with Gasteiger partial charge in [0.05, 0.1) is 0 Å². The number of nitrogens with zero attached hydrogens (tertiary/aromatic N) is 3. The van der Waals surface area contributed by atoms with Crippen LogP contribution in [-0.4, -0.2) is 38.9 Å². The summed E-state index contributed by atoms with van der Waals surface area (Å²) in [7, 11) is 1.91. The molecule has 2 heterocycles. The number of piperidine rings is 1. The number of hydrogen-bond acceptors (Lipinski definition) is 4. The summed E-state index contributed by atoms with van der Waals surface area (Å²) in [5.74, 6) is 1.34. The lowest BCUT2D eigenvalue weighted by Gasteiger charge is -2.33. The van der Waals surface area contributed by atoms with E-state index in [1.165, 1.54) is 6.42 Å². The summed E-state index contributed by atoms with van der Waals surface area (Å²) >= 11 is 0. The summed E-state index contributed by atoms with van der Waals surface area (Å²) in [4.78, 5) is 31.8. The van der Waals surface area contributed by atoms with E-state index in [1.807, 2.05) is 35.7 Å². The molecule has 2 amide bonds. The Morgan fingerprint density at radius 2 is 1.88 bits per heavy atom. The van der Waals surface area contributed by atoms with Crippen LogP contribution in [0.15, 0.2) is 54.9 Å². The minimum atomic E-state index is -0.211. The number of carbonyl (C=O) groups is 2. The van der Waals surface area contributed by atoms with Crippen molar-refractivity contribution in [1.82, 2.24) is 14.5 Å². The maximum absolute atomic E-state index is 12.9. The van der Waals surface area contributed by atoms with E-state index in [4.69, 9.17) is 4.74 Å². The van der Waals surface area contributed by atoms with E-state index in [0.717, 1.165) is 30.8 Å². The number of aromatic nitrogens is 2. The quantitative estimate of drug-likeness (QED) is 0.602. The zero-order valence-electron chi connectivity index (χ0n) is 19.4. The molecule has 0 saturated carbocycles. The molecule has 0 bridgehead atoms. The van der Waals surface area contributed by atoms with Gasteiger partial charge in [-0.15, -0.1) is 0 Å². The third-order valence-corrected chi connectivity index (χ3v) is 6.19. The molecule has 1 atom stereocenters. The molecule has 0 aliphatic carbocycles. The van der Waals surface area contributed by atoms with E-state index < -0.39 is 0 Å². The van der Waals surface area contributed by atoms with Crippen LogP contribution in [0.2, 0.25) is 0 Å². The normalized spacial score (nSPS) is 15.8. The number of anilines is 1. The van der Waals surface area contributed by atoms with Crippen LogP contribution in [0.1, 0.15) is 58.3 Å². The number of ether oxygens (including phenoxy) is 1. The molecule has 33 heavy (non-hydrogen) atoms. The molecule has 2 aromatic carbocycles. The van der Waals surface area contributed by atoms with Gasteiger partial charge in [-0.05, 0) is 81.1 Å². The number of amides is 2. The van der Waals surface area contributed by atoms with Crippen molar-refractivity contribution < 1.29 is 14.3 Å². The summed E-state index contributed by atoms with van der Waals surface area (Å²) in [5, 5.41) is 2.94. The van der Waals surface area contributed by atoms with Gasteiger partial charge in [0.1, 0.15) is 18.2 Å². The first-order valence-corrected chi connectivity index (χ1v) is 11.3. The standard InChI is InChI=1S/C26H30N4O3/c1-18-16-21(26(32)30-14-5-4-6-19(30)2)9-12-23(18)28-25(31)20-7-10-22(11-8-20)33-17-24-27-13-15-29(24)3/h7-13,15-16,19H,4-6,14,17H2,1-3H3,(H,28,31). The lowest BCUT2D eigenvalue weighted by Crippen LogP contribution is -2.42. The van der Waals surface area contributed by atoms with Gasteiger partial charge in [0.15, 0.2) is 0 Å². The SMILES string of the molecule is Cc1cc(C(=O)N2CCCCC2C)ccc1NC(=O)c1ccc(OCc2nccn2C)cc1. The molecule has 1 aliphatic rings. The summed E-state index contributed by atoms with van der Waals surface area (Å²) in [6, 6.07) is 12.7. The second kappa shape index (κ2) is 9.90. The highest BCUT2D eigenvalue weighted by Crippen LogP contribution is 2.23. The first kappa shape index (κ1) is 22.6. The summed E-state index contributed by atoms with van der Waals surface area (Å²) < 4.78 is 7.64. The van der Waals surface area contributed by atoms with Gasteiger partial charge in [-0.2, -0.15) is 0 Å². The Bertz CT molecular complexity index is 1140. The summed E-state index contributed by atoms with van der Waals surface area (Å²) in [6.45, 7) is 5.17. The molecule has 0 spiro atoms. The number of aryl methyl sites for hydroxylation is 2. The number of benzene rings is 2. The highest BCUT2D eigenvalue weighted by molar-refractivity contribution is 6.05. The van der Waals surface area contributed by atoms with E-state index in [2.05, 4.69) is 17.2 Å². The van der Waals surface area contributed by atoms with Crippen LogP contribution >= 0.6 is 0 Å². The van der Waals surface area contributed by atoms with Gasteiger partial charge in [-0.1, -0.05) is 0 Å².